The summed E-state index contributed by atoms with van der Waals surface area (Å²) in [6.07, 6.45) is 5.36. The summed E-state index contributed by atoms with van der Waals surface area (Å²) in [4.78, 5) is -0.421. The minimum atomic E-state index is -4.36. The molecule has 0 heterocycles. The van der Waals surface area contributed by atoms with Crippen LogP contribution in [0.25, 0.3) is 0 Å². The summed E-state index contributed by atoms with van der Waals surface area (Å²) in [6.45, 7) is 0. The van der Waals surface area contributed by atoms with Crippen LogP contribution < -0.4 is 0 Å². The molecule has 26 heavy (non-hydrogen) atoms. The molecular formula is C18H16O6S2. The second-order valence-corrected chi connectivity index (χ2v) is 10.5. The molecule has 2 aromatic rings. The molecule has 0 bridgehead atoms. The number of aromatic hydroxyl groups is 2. The lowest BCUT2D eigenvalue weighted by atomic mass is 10.2. The van der Waals surface area contributed by atoms with Gasteiger partial charge in [0.15, 0.2) is 0 Å². The molecule has 0 saturated carbocycles. The van der Waals surface area contributed by atoms with Gasteiger partial charge < -0.3 is 10.2 Å². The molecule has 0 aromatic heterocycles. The molecule has 2 aromatic carbocycles. The first-order valence-electron chi connectivity index (χ1n) is 7.62. The van der Waals surface area contributed by atoms with Crippen molar-refractivity contribution < 1.29 is 27.0 Å². The van der Waals surface area contributed by atoms with Crippen LogP contribution in [-0.2, 0) is 19.7 Å². The van der Waals surface area contributed by atoms with Crippen molar-refractivity contribution in [3.63, 3.8) is 0 Å². The third kappa shape index (κ3) is 2.71. The average molecular weight is 392 g/mol. The Labute approximate surface area is 151 Å². The first-order valence-corrected chi connectivity index (χ1v) is 10.6. The van der Waals surface area contributed by atoms with Crippen molar-refractivity contribution in [3.8, 4) is 11.5 Å². The highest BCUT2D eigenvalue weighted by Crippen LogP contribution is 2.41. The predicted octanol–water partition coefficient (Wildman–Crippen LogP) is 2.56. The van der Waals surface area contributed by atoms with Crippen molar-refractivity contribution in [1.82, 2.24) is 0 Å². The van der Waals surface area contributed by atoms with Gasteiger partial charge in [-0.15, -0.1) is 0 Å². The topological polar surface area (TPSA) is 109 Å². The Hall–Kier alpha value is -2.58. The Morgan fingerprint density at radius 2 is 1.12 bits per heavy atom. The number of benzene rings is 2. The lowest BCUT2D eigenvalue weighted by molar-refractivity contribution is 0.474. The molecule has 0 atom stereocenters. The van der Waals surface area contributed by atoms with Gasteiger partial charge in [-0.2, -0.15) is 0 Å². The van der Waals surface area contributed by atoms with Crippen molar-refractivity contribution in [1.29, 1.82) is 0 Å². The minimum Gasteiger partial charge on any atom is -0.508 e. The van der Waals surface area contributed by atoms with Crippen LogP contribution in [0, 0.1) is 0 Å². The van der Waals surface area contributed by atoms with Gasteiger partial charge in [-0.3, -0.25) is 0 Å². The second-order valence-electron chi connectivity index (χ2n) is 5.80. The maximum absolute atomic E-state index is 13.3. The van der Waals surface area contributed by atoms with E-state index in [2.05, 4.69) is 0 Å². The van der Waals surface area contributed by atoms with Crippen LogP contribution in [0.2, 0.25) is 0 Å². The molecule has 0 spiro atoms. The van der Waals surface area contributed by atoms with Gasteiger partial charge in [0.2, 0.25) is 23.8 Å². The quantitative estimate of drug-likeness (QED) is 0.828. The van der Waals surface area contributed by atoms with Gasteiger partial charge in [0, 0.05) is 6.42 Å². The standard InChI is InChI=1S/C18H16O6S2/c19-14-4-8-16(9-5-14)25(21,22)18(12-2-1-3-13-18)26(23,24)17-10-6-15(20)7-11-17/h1-12,19-20H,13H2. The molecule has 2 N–H and O–H groups in total. The summed E-state index contributed by atoms with van der Waals surface area (Å²) in [5.41, 5.74) is 0. The number of hydrogen-bond donors (Lipinski definition) is 2. The van der Waals surface area contributed by atoms with Crippen molar-refractivity contribution >= 4 is 19.7 Å². The fourth-order valence-electron chi connectivity index (χ4n) is 2.77. The third-order valence-corrected chi connectivity index (χ3v) is 9.73. The van der Waals surface area contributed by atoms with Crippen molar-refractivity contribution in [2.45, 2.75) is 20.3 Å². The summed E-state index contributed by atoms with van der Waals surface area (Å²) in [5, 5.41) is 18.8. The Morgan fingerprint density at radius 1 is 0.692 bits per heavy atom. The monoisotopic (exact) mass is 392 g/mol. The first-order chi connectivity index (χ1) is 12.2. The zero-order chi connectivity index (χ0) is 19.0. The predicted molar refractivity (Wildman–Crippen MR) is 96.2 cm³/mol. The number of phenolic OH excluding ortho intramolecular Hbond substituents is 2. The number of rotatable bonds is 4. The van der Waals surface area contributed by atoms with E-state index in [1.54, 1.807) is 6.08 Å². The number of hydrogen-bond acceptors (Lipinski definition) is 6. The highest BCUT2D eigenvalue weighted by atomic mass is 32.3. The molecule has 0 amide bonds. The highest BCUT2D eigenvalue weighted by molar-refractivity contribution is 8.10. The van der Waals surface area contributed by atoms with Gasteiger partial charge in [-0.05, 0) is 54.6 Å². The normalized spacial score (nSPS) is 16.5. The summed E-state index contributed by atoms with van der Waals surface area (Å²) in [6, 6.07) is 9.45. The van der Waals surface area contributed by atoms with Gasteiger partial charge in [0.25, 0.3) is 0 Å². The molecule has 0 radical (unpaired) electrons. The average Bonchev–Trinajstić information content (AvgIpc) is 2.63. The Bertz CT molecular complexity index is 1000. The number of phenols is 2. The van der Waals surface area contributed by atoms with Crippen LogP contribution in [-0.4, -0.2) is 31.1 Å². The van der Waals surface area contributed by atoms with Crippen LogP contribution >= 0.6 is 0 Å². The van der Waals surface area contributed by atoms with Crippen molar-refractivity contribution in [2.75, 3.05) is 0 Å². The molecule has 8 heteroatoms. The molecule has 3 rings (SSSR count). The van der Waals surface area contributed by atoms with E-state index in [1.807, 2.05) is 0 Å². The SMILES string of the molecule is O=S(=O)(c1ccc(O)cc1)C1(S(=O)(=O)c2ccc(O)cc2)C=CC=CC1. The van der Waals surface area contributed by atoms with E-state index in [4.69, 9.17) is 0 Å². The van der Waals surface area contributed by atoms with E-state index in [0.717, 1.165) is 6.08 Å². The van der Waals surface area contributed by atoms with Crippen LogP contribution in [0.1, 0.15) is 6.42 Å². The van der Waals surface area contributed by atoms with E-state index in [9.17, 15) is 27.0 Å². The van der Waals surface area contributed by atoms with Crippen molar-refractivity contribution in [2.24, 2.45) is 0 Å². The molecule has 6 nitrogen and oxygen atoms in total. The fourth-order valence-corrected chi connectivity index (χ4v) is 7.44. The van der Waals surface area contributed by atoms with Gasteiger partial charge in [-0.25, -0.2) is 16.8 Å². The highest BCUT2D eigenvalue weighted by Gasteiger charge is 2.54. The summed E-state index contributed by atoms with van der Waals surface area (Å²) in [5.74, 6) is -0.253. The molecule has 0 aliphatic heterocycles. The lowest BCUT2D eigenvalue weighted by Crippen LogP contribution is -2.45. The van der Waals surface area contributed by atoms with Crippen LogP contribution in [0.15, 0.2) is 82.6 Å². The van der Waals surface area contributed by atoms with Crippen LogP contribution in [0.5, 0.6) is 11.5 Å². The molecule has 0 fully saturated rings. The molecule has 1 aliphatic carbocycles. The first kappa shape index (κ1) is 18.2. The fraction of sp³-hybridized carbons (Fsp3) is 0.111. The maximum atomic E-state index is 13.3. The van der Waals surface area contributed by atoms with E-state index >= 15 is 0 Å². The molecule has 1 aliphatic rings. The molecule has 0 unspecified atom stereocenters. The van der Waals surface area contributed by atoms with E-state index in [0.29, 0.717) is 0 Å². The van der Waals surface area contributed by atoms with Crippen LogP contribution in [0.3, 0.4) is 0 Å². The lowest BCUT2D eigenvalue weighted by Gasteiger charge is -2.30. The van der Waals surface area contributed by atoms with Gasteiger partial charge in [0.05, 0.1) is 9.79 Å². The minimum absolute atomic E-state index is 0.126. The zero-order valence-corrected chi connectivity index (χ0v) is 15.1. The van der Waals surface area contributed by atoms with Crippen molar-refractivity contribution in [3.05, 3.63) is 72.8 Å². The Kier molecular flexibility index (Phi) is 4.41. The largest absolute Gasteiger partial charge is 0.508 e. The number of allylic oxidation sites excluding steroid dienone is 3. The Morgan fingerprint density at radius 3 is 1.46 bits per heavy atom. The third-order valence-electron chi connectivity index (χ3n) is 4.20. The summed E-state index contributed by atoms with van der Waals surface area (Å²) < 4.78 is 51.0. The number of sulfone groups is 2. The Balaban J connectivity index is 2.25. The van der Waals surface area contributed by atoms with E-state index in [-0.39, 0.29) is 27.7 Å². The molecule has 0 saturated heterocycles. The smallest absolute Gasteiger partial charge is 0.203 e. The second kappa shape index (κ2) is 6.30. The van der Waals surface area contributed by atoms with E-state index < -0.39 is 23.8 Å². The summed E-state index contributed by atoms with van der Waals surface area (Å²) in [7, 11) is -8.71. The van der Waals surface area contributed by atoms with Crippen LogP contribution in [0.4, 0.5) is 0 Å². The van der Waals surface area contributed by atoms with Gasteiger partial charge in [0.1, 0.15) is 11.5 Å². The van der Waals surface area contributed by atoms with Gasteiger partial charge >= 0.3 is 0 Å². The molecular weight excluding hydrogens is 376 g/mol. The zero-order valence-electron chi connectivity index (χ0n) is 13.5. The summed E-state index contributed by atoms with van der Waals surface area (Å²) >= 11 is 0. The van der Waals surface area contributed by atoms with Gasteiger partial charge in [-0.1, -0.05) is 18.2 Å². The van der Waals surface area contributed by atoms with E-state index in [1.165, 1.54) is 60.7 Å². The molecule has 136 valence electrons. The maximum Gasteiger partial charge on any atom is 0.203 e.